The molecule has 0 aliphatic carbocycles. The molecular formula is C19H33NO. The minimum absolute atomic E-state index is 0.223. The number of hydrogen-bond donors (Lipinski definition) is 1. The van der Waals surface area contributed by atoms with Crippen LogP contribution in [-0.4, -0.2) is 26.8 Å². The van der Waals surface area contributed by atoms with E-state index in [1.807, 2.05) is 0 Å². The van der Waals surface area contributed by atoms with E-state index < -0.39 is 0 Å². The average Bonchev–Trinajstić information content (AvgIpc) is 2.46. The molecule has 1 aromatic carbocycles. The maximum absolute atomic E-state index is 5.11. The normalized spacial score (nSPS) is 15.0. The highest BCUT2D eigenvalue weighted by Gasteiger charge is 2.19. The maximum atomic E-state index is 5.11. The van der Waals surface area contributed by atoms with Gasteiger partial charge in [0.2, 0.25) is 0 Å². The molecule has 0 aromatic heterocycles. The molecule has 0 spiro atoms. The molecule has 0 radical (unpaired) electrons. The molecule has 2 unspecified atom stereocenters. The van der Waals surface area contributed by atoms with E-state index in [-0.39, 0.29) is 5.41 Å². The Labute approximate surface area is 131 Å². The van der Waals surface area contributed by atoms with E-state index in [9.17, 15) is 0 Å². The summed E-state index contributed by atoms with van der Waals surface area (Å²) in [7, 11) is 1.75. The monoisotopic (exact) mass is 291 g/mol. The Morgan fingerprint density at radius 1 is 1.14 bits per heavy atom. The van der Waals surface area contributed by atoms with Gasteiger partial charge in [-0.1, -0.05) is 65.3 Å². The summed E-state index contributed by atoms with van der Waals surface area (Å²) in [4.78, 5) is 0. The molecule has 0 heterocycles. The molecule has 2 nitrogen and oxygen atoms in total. The van der Waals surface area contributed by atoms with Gasteiger partial charge in [-0.25, -0.2) is 0 Å². The van der Waals surface area contributed by atoms with Crippen molar-refractivity contribution in [2.45, 2.75) is 52.4 Å². The first-order chi connectivity index (χ1) is 9.90. The van der Waals surface area contributed by atoms with Crippen LogP contribution in [0.5, 0.6) is 0 Å². The first-order valence-corrected chi connectivity index (χ1v) is 8.20. The Morgan fingerprint density at radius 2 is 1.76 bits per heavy atom. The summed E-state index contributed by atoms with van der Waals surface area (Å²) >= 11 is 0. The van der Waals surface area contributed by atoms with Gasteiger partial charge in [0.05, 0.1) is 6.61 Å². The Bertz CT molecular complexity index is 391. The van der Waals surface area contributed by atoms with E-state index >= 15 is 0 Å². The Morgan fingerprint density at radius 3 is 2.24 bits per heavy atom. The fourth-order valence-corrected chi connectivity index (χ4v) is 2.59. The summed E-state index contributed by atoms with van der Waals surface area (Å²) < 4.78 is 5.11. The summed E-state index contributed by atoms with van der Waals surface area (Å²) in [6.45, 7) is 14.1. The van der Waals surface area contributed by atoms with E-state index in [4.69, 9.17) is 4.74 Å². The molecule has 0 fully saturated rings. The standard InChI is InChI=1S/C19H33NO/c1-7-15(2)18(14-20-12-13-21-6)16-8-10-17(11-9-16)19(3,4)5/h8-11,15,18,20H,7,12-14H2,1-6H3. The molecule has 1 aromatic rings. The van der Waals surface area contributed by atoms with E-state index in [2.05, 4.69) is 64.2 Å². The molecular weight excluding hydrogens is 258 g/mol. The number of hydrogen-bond acceptors (Lipinski definition) is 2. The van der Waals surface area contributed by atoms with Crippen LogP contribution in [0.1, 0.15) is 58.1 Å². The van der Waals surface area contributed by atoms with Crippen molar-refractivity contribution in [3.8, 4) is 0 Å². The molecule has 2 atom stereocenters. The fourth-order valence-electron chi connectivity index (χ4n) is 2.59. The smallest absolute Gasteiger partial charge is 0.0587 e. The molecule has 120 valence electrons. The summed E-state index contributed by atoms with van der Waals surface area (Å²) in [5.74, 6) is 1.25. The third kappa shape index (κ3) is 5.80. The summed E-state index contributed by atoms with van der Waals surface area (Å²) in [6, 6.07) is 9.21. The van der Waals surface area contributed by atoms with Gasteiger partial charge >= 0.3 is 0 Å². The van der Waals surface area contributed by atoms with Crippen molar-refractivity contribution in [3.05, 3.63) is 35.4 Å². The lowest BCUT2D eigenvalue weighted by atomic mass is 9.82. The zero-order valence-electron chi connectivity index (χ0n) is 14.7. The lowest BCUT2D eigenvalue weighted by molar-refractivity contribution is 0.198. The Hall–Kier alpha value is -0.860. The quantitative estimate of drug-likeness (QED) is 0.719. The van der Waals surface area contributed by atoms with Crippen molar-refractivity contribution in [2.24, 2.45) is 5.92 Å². The molecule has 2 heteroatoms. The van der Waals surface area contributed by atoms with Gasteiger partial charge in [-0.15, -0.1) is 0 Å². The largest absolute Gasteiger partial charge is 0.383 e. The first-order valence-electron chi connectivity index (χ1n) is 8.20. The fraction of sp³-hybridized carbons (Fsp3) is 0.684. The first kappa shape index (κ1) is 18.2. The van der Waals surface area contributed by atoms with Gasteiger partial charge in [0.15, 0.2) is 0 Å². The molecule has 0 amide bonds. The molecule has 0 saturated carbocycles. The van der Waals surface area contributed by atoms with Crippen molar-refractivity contribution in [3.63, 3.8) is 0 Å². The zero-order valence-corrected chi connectivity index (χ0v) is 14.7. The van der Waals surface area contributed by atoms with Crippen LogP contribution in [0.2, 0.25) is 0 Å². The topological polar surface area (TPSA) is 21.3 Å². The lowest BCUT2D eigenvalue weighted by Crippen LogP contribution is -2.28. The molecule has 1 N–H and O–H groups in total. The van der Waals surface area contributed by atoms with E-state index in [0.29, 0.717) is 11.8 Å². The third-order valence-corrected chi connectivity index (χ3v) is 4.38. The molecule has 0 aliphatic rings. The minimum atomic E-state index is 0.223. The van der Waals surface area contributed by atoms with Gasteiger partial charge in [0, 0.05) is 20.2 Å². The number of nitrogens with one attached hydrogen (secondary N) is 1. The summed E-state index contributed by atoms with van der Waals surface area (Å²) in [6.07, 6.45) is 1.21. The number of methoxy groups -OCH3 is 1. The predicted molar refractivity (Wildman–Crippen MR) is 92.1 cm³/mol. The van der Waals surface area contributed by atoms with Gasteiger partial charge in [0.1, 0.15) is 0 Å². The van der Waals surface area contributed by atoms with Crippen LogP contribution in [0.3, 0.4) is 0 Å². The van der Waals surface area contributed by atoms with Crippen LogP contribution < -0.4 is 5.32 Å². The van der Waals surface area contributed by atoms with Gasteiger partial charge < -0.3 is 10.1 Å². The van der Waals surface area contributed by atoms with Crippen LogP contribution in [0, 0.1) is 5.92 Å². The molecule has 1 rings (SSSR count). The summed E-state index contributed by atoms with van der Waals surface area (Å²) in [5, 5.41) is 3.52. The van der Waals surface area contributed by atoms with E-state index in [1.54, 1.807) is 7.11 Å². The van der Waals surface area contributed by atoms with Gasteiger partial charge in [-0.05, 0) is 28.4 Å². The highest BCUT2D eigenvalue weighted by Crippen LogP contribution is 2.29. The SMILES string of the molecule is CCC(C)C(CNCCOC)c1ccc(C(C)(C)C)cc1. The summed E-state index contributed by atoms with van der Waals surface area (Å²) in [5.41, 5.74) is 3.07. The van der Waals surface area contributed by atoms with Crippen molar-refractivity contribution < 1.29 is 4.74 Å². The average molecular weight is 291 g/mol. The number of benzene rings is 1. The maximum Gasteiger partial charge on any atom is 0.0587 e. The number of rotatable bonds is 8. The molecule has 21 heavy (non-hydrogen) atoms. The third-order valence-electron chi connectivity index (χ3n) is 4.38. The van der Waals surface area contributed by atoms with E-state index in [0.717, 1.165) is 19.7 Å². The van der Waals surface area contributed by atoms with Crippen LogP contribution in [0.4, 0.5) is 0 Å². The lowest BCUT2D eigenvalue weighted by Gasteiger charge is -2.25. The zero-order chi connectivity index (χ0) is 15.9. The second-order valence-electron chi connectivity index (χ2n) is 7.06. The van der Waals surface area contributed by atoms with Gasteiger partial charge in [0.25, 0.3) is 0 Å². The predicted octanol–water partition coefficient (Wildman–Crippen LogP) is 4.35. The minimum Gasteiger partial charge on any atom is -0.383 e. The van der Waals surface area contributed by atoms with Crippen LogP contribution in [0.25, 0.3) is 0 Å². The highest BCUT2D eigenvalue weighted by molar-refractivity contribution is 5.30. The molecule has 0 bridgehead atoms. The van der Waals surface area contributed by atoms with Crippen LogP contribution in [0.15, 0.2) is 24.3 Å². The van der Waals surface area contributed by atoms with Crippen molar-refractivity contribution in [1.82, 2.24) is 5.32 Å². The Balaban J connectivity index is 2.78. The van der Waals surface area contributed by atoms with Crippen molar-refractivity contribution in [1.29, 1.82) is 0 Å². The Kier molecular flexibility index (Phi) is 7.41. The molecule has 0 saturated heterocycles. The van der Waals surface area contributed by atoms with Crippen LogP contribution in [-0.2, 0) is 10.2 Å². The van der Waals surface area contributed by atoms with E-state index in [1.165, 1.54) is 17.5 Å². The van der Waals surface area contributed by atoms with Crippen molar-refractivity contribution >= 4 is 0 Å². The molecule has 0 aliphatic heterocycles. The van der Waals surface area contributed by atoms with Crippen molar-refractivity contribution in [2.75, 3.05) is 26.8 Å². The second kappa shape index (κ2) is 8.55. The van der Waals surface area contributed by atoms with Crippen LogP contribution >= 0.6 is 0 Å². The number of ether oxygens (including phenoxy) is 1. The van der Waals surface area contributed by atoms with Gasteiger partial charge in [-0.2, -0.15) is 0 Å². The second-order valence-corrected chi connectivity index (χ2v) is 7.06. The highest BCUT2D eigenvalue weighted by atomic mass is 16.5. The van der Waals surface area contributed by atoms with Gasteiger partial charge in [-0.3, -0.25) is 0 Å².